The van der Waals surface area contributed by atoms with Gasteiger partial charge < -0.3 is 15.1 Å². The summed E-state index contributed by atoms with van der Waals surface area (Å²) in [4.78, 5) is 24.9. The average molecular weight is 347 g/mol. The smallest absolute Gasteiger partial charge is 0.414 e. The first kappa shape index (κ1) is 14.9. The molecular weight excluding hydrogens is 332 g/mol. The van der Waals surface area contributed by atoms with E-state index in [0.717, 1.165) is 12.5 Å². The maximum absolute atomic E-state index is 9.10. The number of aromatic nitrogens is 3. The van der Waals surface area contributed by atoms with Crippen molar-refractivity contribution in [3.8, 4) is 0 Å². The number of carboxylic acids is 2. The van der Waals surface area contributed by atoms with Crippen LogP contribution < -0.4 is 0 Å². The van der Waals surface area contributed by atoms with Crippen LogP contribution in [0.15, 0.2) is 11.1 Å². The number of hydrogen-bond donors (Lipinski definition) is 2. The molecule has 3 aliphatic rings. The highest BCUT2D eigenvalue weighted by Crippen LogP contribution is 2.34. The zero-order valence-electron chi connectivity index (χ0n) is 10.6. The Hall–Kier alpha value is -1.48. The van der Waals surface area contributed by atoms with E-state index in [9.17, 15) is 0 Å². The van der Waals surface area contributed by atoms with Crippen LogP contribution in [0.3, 0.4) is 0 Å². The fraction of sp³-hybridized carbons (Fsp3) is 0.636. The van der Waals surface area contributed by atoms with Gasteiger partial charge in [-0.2, -0.15) is 0 Å². The summed E-state index contributed by atoms with van der Waals surface area (Å²) in [5.41, 5.74) is 0. The molecule has 1 atom stereocenters. The standard InChI is InChI=1S/C9H13BrN4.C2H2O4/c10-9-11-6-14(12-9)8-5-13-3-1-7(8)2-4-13;3-1(4)2(5)6/h6-8H,1-5H2;(H,3,4)(H,5,6). The molecule has 0 saturated carbocycles. The highest BCUT2D eigenvalue weighted by atomic mass is 79.9. The first-order valence-corrected chi connectivity index (χ1v) is 7.02. The molecule has 0 radical (unpaired) electrons. The number of fused-ring (bicyclic) bond motifs is 3. The largest absolute Gasteiger partial charge is 0.473 e. The molecule has 110 valence electrons. The van der Waals surface area contributed by atoms with Crippen molar-refractivity contribution in [1.29, 1.82) is 0 Å². The van der Waals surface area contributed by atoms with Crippen LogP contribution in [0.4, 0.5) is 0 Å². The SMILES string of the molecule is Brc1ncn(C2CN3CCC2CC3)n1.O=C(O)C(=O)O. The summed E-state index contributed by atoms with van der Waals surface area (Å²) < 4.78 is 2.73. The van der Waals surface area contributed by atoms with E-state index in [4.69, 9.17) is 19.8 Å². The van der Waals surface area contributed by atoms with Gasteiger partial charge in [-0.15, -0.1) is 5.10 Å². The van der Waals surface area contributed by atoms with Crippen LogP contribution in [0.1, 0.15) is 18.9 Å². The maximum atomic E-state index is 9.10. The molecule has 4 heterocycles. The second-order valence-electron chi connectivity index (χ2n) is 4.81. The molecule has 1 unspecified atom stereocenters. The predicted molar refractivity (Wildman–Crippen MR) is 71.2 cm³/mol. The Morgan fingerprint density at radius 2 is 1.85 bits per heavy atom. The first-order chi connectivity index (χ1) is 9.47. The molecule has 3 aliphatic heterocycles. The summed E-state index contributed by atoms with van der Waals surface area (Å²) in [6.45, 7) is 3.70. The summed E-state index contributed by atoms with van der Waals surface area (Å²) in [5, 5.41) is 19.1. The number of hydrogen-bond acceptors (Lipinski definition) is 5. The summed E-state index contributed by atoms with van der Waals surface area (Å²) in [6, 6.07) is 0.552. The number of halogens is 1. The molecule has 8 nitrogen and oxygen atoms in total. The summed E-state index contributed by atoms with van der Waals surface area (Å²) in [6.07, 6.45) is 4.49. The van der Waals surface area contributed by atoms with E-state index < -0.39 is 11.9 Å². The zero-order chi connectivity index (χ0) is 14.7. The normalized spacial score (nSPS) is 27.6. The minimum atomic E-state index is -1.82. The third kappa shape index (κ3) is 3.54. The van der Waals surface area contributed by atoms with Crippen LogP contribution in [-0.4, -0.2) is 61.5 Å². The van der Waals surface area contributed by atoms with Gasteiger partial charge in [-0.1, -0.05) is 0 Å². The Kier molecular flexibility index (Phi) is 4.71. The molecule has 3 saturated heterocycles. The Balaban J connectivity index is 0.000000212. The van der Waals surface area contributed by atoms with Gasteiger partial charge in [0.05, 0.1) is 6.04 Å². The highest BCUT2D eigenvalue weighted by molar-refractivity contribution is 9.10. The minimum absolute atomic E-state index is 0.552. The van der Waals surface area contributed by atoms with Gasteiger partial charge in [-0.25, -0.2) is 19.3 Å². The zero-order valence-corrected chi connectivity index (χ0v) is 12.2. The van der Waals surface area contributed by atoms with Crippen molar-refractivity contribution in [3.05, 3.63) is 11.1 Å². The minimum Gasteiger partial charge on any atom is -0.473 e. The van der Waals surface area contributed by atoms with Gasteiger partial charge in [0.2, 0.25) is 4.73 Å². The lowest BCUT2D eigenvalue weighted by Gasteiger charge is -2.44. The van der Waals surface area contributed by atoms with E-state index in [1.807, 2.05) is 11.0 Å². The van der Waals surface area contributed by atoms with Crippen molar-refractivity contribution >= 4 is 27.9 Å². The van der Waals surface area contributed by atoms with Crippen LogP contribution in [0.25, 0.3) is 0 Å². The number of nitrogens with zero attached hydrogens (tertiary/aromatic N) is 4. The van der Waals surface area contributed by atoms with E-state index in [2.05, 4.69) is 30.9 Å². The van der Waals surface area contributed by atoms with Gasteiger partial charge >= 0.3 is 11.9 Å². The predicted octanol–water partition coefficient (Wildman–Crippen LogP) is 0.463. The lowest BCUT2D eigenvalue weighted by atomic mass is 9.84. The number of piperidine rings is 3. The molecule has 1 aromatic heterocycles. The lowest BCUT2D eigenvalue weighted by molar-refractivity contribution is -0.159. The van der Waals surface area contributed by atoms with Gasteiger partial charge in [0.15, 0.2) is 0 Å². The van der Waals surface area contributed by atoms with Crippen LogP contribution in [0.5, 0.6) is 0 Å². The molecule has 4 rings (SSSR count). The van der Waals surface area contributed by atoms with Gasteiger partial charge in [0.25, 0.3) is 0 Å². The monoisotopic (exact) mass is 346 g/mol. The lowest BCUT2D eigenvalue weighted by Crippen LogP contribution is -2.48. The first-order valence-electron chi connectivity index (χ1n) is 6.22. The molecule has 0 aromatic carbocycles. The average Bonchev–Trinajstić information content (AvgIpc) is 2.87. The highest BCUT2D eigenvalue weighted by Gasteiger charge is 2.35. The number of carbonyl (C=O) groups is 2. The van der Waals surface area contributed by atoms with Gasteiger partial charge in [-0.05, 0) is 47.8 Å². The third-order valence-corrected chi connectivity index (χ3v) is 3.99. The molecule has 2 N–H and O–H groups in total. The summed E-state index contributed by atoms with van der Waals surface area (Å²) in [7, 11) is 0. The molecule has 1 aromatic rings. The molecule has 0 spiro atoms. The summed E-state index contributed by atoms with van der Waals surface area (Å²) >= 11 is 3.30. The van der Waals surface area contributed by atoms with E-state index in [1.165, 1.54) is 25.9 Å². The Morgan fingerprint density at radius 1 is 1.25 bits per heavy atom. The van der Waals surface area contributed by atoms with Crippen molar-refractivity contribution in [2.75, 3.05) is 19.6 Å². The topological polar surface area (TPSA) is 109 Å². The van der Waals surface area contributed by atoms with Crippen molar-refractivity contribution in [3.63, 3.8) is 0 Å². The molecule has 3 fully saturated rings. The van der Waals surface area contributed by atoms with Crippen molar-refractivity contribution < 1.29 is 19.8 Å². The molecule has 0 aliphatic carbocycles. The quantitative estimate of drug-likeness (QED) is 0.711. The van der Waals surface area contributed by atoms with E-state index >= 15 is 0 Å². The Labute approximate surface area is 123 Å². The van der Waals surface area contributed by atoms with Crippen LogP contribution in [-0.2, 0) is 9.59 Å². The number of carboxylic acid groups (broad SMARTS) is 2. The Bertz CT molecular complexity index is 486. The van der Waals surface area contributed by atoms with E-state index in [0.29, 0.717) is 10.8 Å². The van der Waals surface area contributed by atoms with Crippen molar-refractivity contribution in [2.24, 2.45) is 5.92 Å². The van der Waals surface area contributed by atoms with Crippen molar-refractivity contribution in [1.82, 2.24) is 19.7 Å². The molecule has 9 heteroatoms. The van der Waals surface area contributed by atoms with Gasteiger partial charge in [0.1, 0.15) is 6.33 Å². The maximum Gasteiger partial charge on any atom is 0.414 e. The van der Waals surface area contributed by atoms with E-state index in [-0.39, 0.29) is 0 Å². The third-order valence-electron chi connectivity index (χ3n) is 3.62. The van der Waals surface area contributed by atoms with Gasteiger partial charge in [0, 0.05) is 6.54 Å². The van der Waals surface area contributed by atoms with Crippen LogP contribution >= 0.6 is 15.9 Å². The van der Waals surface area contributed by atoms with Crippen LogP contribution in [0.2, 0.25) is 0 Å². The summed E-state index contributed by atoms with van der Waals surface area (Å²) in [5.74, 6) is -2.83. The molecule has 2 bridgehead atoms. The second-order valence-corrected chi connectivity index (χ2v) is 5.52. The number of aliphatic carboxylic acids is 2. The fourth-order valence-corrected chi connectivity index (χ4v) is 2.92. The molecule has 0 amide bonds. The van der Waals surface area contributed by atoms with Gasteiger partial charge in [-0.3, -0.25) is 0 Å². The second kappa shape index (κ2) is 6.31. The molecule has 20 heavy (non-hydrogen) atoms. The van der Waals surface area contributed by atoms with E-state index in [1.54, 1.807) is 0 Å². The molecular formula is C11H15BrN4O4. The Morgan fingerprint density at radius 3 is 2.20 bits per heavy atom. The number of rotatable bonds is 1. The van der Waals surface area contributed by atoms with Crippen LogP contribution in [0, 0.1) is 5.92 Å². The fourth-order valence-electron chi connectivity index (χ4n) is 2.65. The van der Waals surface area contributed by atoms with Crippen molar-refractivity contribution in [2.45, 2.75) is 18.9 Å².